The van der Waals surface area contributed by atoms with Crippen LogP contribution in [0.2, 0.25) is 0 Å². The molecule has 2 heterocycles. The van der Waals surface area contributed by atoms with E-state index in [9.17, 15) is 8.42 Å². The number of H-pyrrole nitrogens is 1. The van der Waals surface area contributed by atoms with Gasteiger partial charge in [-0.25, -0.2) is 13.4 Å². The molecule has 1 aromatic heterocycles. The summed E-state index contributed by atoms with van der Waals surface area (Å²) in [5.74, 6) is 0.859. The smallest absolute Gasteiger partial charge is 0.175 e. The number of nitrogens with one attached hydrogen (secondary N) is 1. The molecule has 0 bridgehead atoms. The van der Waals surface area contributed by atoms with Gasteiger partial charge in [-0.05, 0) is 23.3 Å². The highest BCUT2D eigenvalue weighted by atomic mass is 32.2. The van der Waals surface area contributed by atoms with E-state index in [1.165, 1.54) is 11.8 Å². The van der Waals surface area contributed by atoms with Gasteiger partial charge in [0, 0.05) is 19.3 Å². The number of imidazole rings is 1. The lowest BCUT2D eigenvalue weighted by molar-refractivity contribution is -0.0156. The topological polar surface area (TPSA) is 75.3 Å². The second kappa shape index (κ2) is 7.87. The summed E-state index contributed by atoms with van der Waals surface area (Å²) >= 11 is 0. The molecule has 0 spiro atoms. The molecule has 6 nitrogen and oxygen atoms in total. The van der Waals surface area contributed by atoms with Crippen LogP contribution in [0.25, 0.3) is 11.3 Å². The van der Waals surface area contributed by atoms with Crippen LogP contribution in [0.3, 0.4) is 0 Å². The molecule has 1 fully saturated rings. The van der Waals surface area contributed by atoms with Crippen molar-refractivity contribution in [1.29, 1.82) is 0 Å². The van der Waals surface area contributed by atoms with Crippen molar-refractivity contribution in [2.45, 2.75) is 17.5 Å². The maximum Gasteiger partial charge on any atom is 0.175 e. The minimum atomic E-state index is -3.20. The van der Waals surface area contributed by atoms with E-state index < -0.39 is 9.84 Å². The molecule has 7 heteroatoms. The van der Waals surface area contributed by atoms with Gasteiger partial charge in [-0.3, -0.25) is 4.90 Å². The first kappa shape index (κ1) is 18.9. The highest BCUT2D eigenvalue weighted by molar-refractivity contribution is 7.90. The number of benzene rings is 2. The largest absolute Gasteiger partial charge is 0.378 e. The summed E-state index contributed by atoms with van der Waals surface area (Å²) in [5.41, 5.74) is 3.02. The first-order valence-electron chi connectivity index (χ1n) is 9.22. The van der Waals surface area contributed by atoms with Crippen molar-refractivity contribution in [2.75, 3.05) is 26.0 Å². The van der Waals surface area contributed by atoms with Gasteiger partial charge in [-0.2, -0.15) is 0 Å². The van der Waals surface area contributed by atoms with Crippen LogP contribution in [-0.2, 0) is 21.1 Å². The van der Waals surface area contributed by atoms with E-state index in [1.54, 1.807) is 30.5 Å². The van der Waals surface area contributed by atoms with Gasteiger partial charge in [0.05, 0.1) is 36.0 Å². The Balaban J connectivity index is 1.55. The van der Waals surface area contributed by atoms with Gasteiger partial charge in [0.2, 0.25) is 0 Å². The number of hydrogen-bond acceptors (Lipinski definition) is 5. The van der Waals surface area contributed by atoms with Gasteiger partial charge in [0.1, 0.15) is 5.82 Å². The molecule has 2 aromatic carbocycles. The number of aromatic amines is 1. The molecule has 0 unspecified atom stereocenters. The van der Waals surface area contributed by atoms with Crippen LogP contribution in [-0.4, -0.2) is 49.3 Å². The lowest BCUT2D eigenvalue weighted by Gasteiger charge is -2.34. The Morgan fingerprint density at radius 1 is 1.14 bits per heavy atom. The predicted octanol–water partition coefficient (Wildman–Crippen LogP) is 3.05. The summed E-state index contributed by atoms with van der Waals surface area (Å²) < 4.78 is 29.0. The third-order valence-corrected chi connectivity index (χ3v) is 6.10. The van der Waals surface area contributed by atoms with E-state index >= 15 is 0 Å². The van der Waals surface area contributed by atoms with Gasteiger partial charge < -0.3 is 9.72 Å². The lowest BCUT2D eigenvalue weighted by atomic mass is 10.1. The average molecular weight is 398 g/mol. The Labute approximate surface area is 165 Å². The van der Waals surface area contributed by atoms with Gasteiger partial charge >= 0.3 is 0 Å². The second-order valence-electron chi connectivity index (χ2n) is 7.03. The van der Waals surface area contributed by atoms with Crippen molar-refractivity contribution >= 4 is 9.84 Å². The molecular formula is C21H23N3O3S. The molecule has 4 rings (SSSR count). The van der Waals surface area contributed by atoms with Crippen LogP contribution < -0.4 is 0 Å². The van der Waals surface area contributed by atoms with Crippen molar-refractivity contribution in [3.8, 4) is 11.3 Å². The van der Waals surface area contributed by atoms with E-state index in [2.05, 4.69) is 39.1 Å². The highest BCUT2D eigenvalue weighted by Crippen LogP contribution is 2.27. The predicted molar refractivity (Wildman–Crippen MR) is 108 cm³/mol. The number of ether oxygens (including phenoxy) is 1. The molecule has 1 aliphatic heterocycles. The Bertz CT molecular complexity index is 1030. The summed E-state index contributed by atoms with van der Waals surface area (Å²) in [6, 6.07) is 17.3. The SMILES string of the molecule is CS(=O)(=O)c1ccc(-c2cnc([C@@H]3COCCN3Cc3ccccc3)[nH]2)cc1. The third-order valence-electron chi connectivity index (χ3n) is 4.97. The van der Waals surface area contributed by atoms with E-state index in [0.29, 0.717) is 18.1 Å². The zero-order valence-corrected chi connectivity index (χ0v) is 16.5. The standard InChI is InChI=1S/C21H23N3O3S/c1-28(25,26)18-9-7-17(8-10-18)19-13-22-21(23-19)20-15-27-12-11-24(20)14-16-5-3-2-4-6-16/h2-10,13,20H,11-12,14-15H2,1H3,(H,22,23)/t20-/m0/s1. The summed E-state index contributed by atoms with van der Waals surface area (Å²) in [6.45, 7) is 2.99. The number of morpholine rings is 1. The molecule has 0 amide bonds. The van der Waals surface area contributed by atoms with Crippen LogP contribution in [0.5, 0.6) is 0 Å². The average Bonchev–Trinajstić information content (AvgIpc) is 3.19. The van der Waals surface area contributed by atoms with Crippen LogP contribution in [0.4, 0.5) is 0 Å². The van der Waals surface area contributed by atoms with Crippen molar-refractivity contribution in [3.63, 3.8) is 0 Å². The molecule has 1 atom stereocenters. The number of rotatable bonds is 5. The van der Waals surface area contributed by atoms with Gasteiger partial charge in [-0.1, -0.05) is 42.5 Å². The number of nitrogens with zero attached hydrogens (tertiary/aromatic N) is 2. The summed E-state index contributed by atoms with van der Waals surface area (Å²) in [5, 5.41) is 0. The minimum Gasteiger partial charge on any atom is -0.378 e. The van der Waals surface area contributed by atoms with Crippen molar-refractivity contribution in [1.82, 2.24) is 14.9 Å². The maximum atomic E-state index is 11.6. The first-order chi connectivity index (χ1) is 13.5. The maximum absolute atomic E-state index is 11.6. The third kappa shape index (κ3) is 4.16. The molecule has 28 heavy (non-hydrogen) atoms. The zero-order chi connectivity index (χ0) is 19.6. The number of hydrogen-bond donors (Lipinski definition) is 1. The van der Waals surface area contributed by atoms with E-state index in [-0.39, 0.29) is 6.04 Å². The molecule has 146 valence electrons. The Hall–Kier alpha value is -2.48. The van der Waals surface area contributed by atoms with Crippen LogP contribution in [0.15, 0.2) is 65.7 Å². The van der Waals surface area contributed by atoms with Crippen LogP contribution in [0, 0.1) is 0 Å². The first-order valence-corrected chi connectivity index (χ1v) is 11.1. The molecule has 0 radical (unpaired) electrons. The number of aromatic nitrogens is 2. The van der Waals surface area contributed by atoms with E-state index in [1.807, 2.05) is 6.07 Å². The Kier molecular flexibility index (Phi) is 5.30. The van der Waals surface area contributed by atoms with E-state index in [0.717, 1.165) is 30.2 Å². The summed E-state index contributed by atoms with van der Waals surface area (Å²) in [7, 11) is -3.20. The quantitative estimate of drug-likeness (QED) is 0.716. The van der Waals surface area contributed by atoms with Gasteiger partial charge in [0.25, 0.3) is 0 Å². The van der Waals surface area contributed by atoms with Crippen molar-refractivity contribution in [3.05, 3.63) is 72.2 Å². The monoisotopic (exact) mass is 397 g/mol. The van der Waals surface area contributed by atoms with Crippen molar-refractivity contribution < 1.29 is 13.2 Å². The molecule has 1 aliphatic rings. The minimum absolute atomic E-state index is 0.0537. The molecule has 1 N–H and O–H groups in total. The zero-order valence-electron chi connectivity index (χ0n) is 15.7. The fraction of sp³-hybridized carbons (Fsp3) is 0.286. The number of sulfone groups is 1. The molecule has 0 aliphatic carbocycles. The summed E-state index contributed by atoms with van der Waals surface area (Å²) in [4.78, 5) is 10.7. The molecule has 3 aromatic rings. The molecule has 1 saturated heterocycles. The fourth-order valence-electron chi connectivity index (χ4n) is 3.43. The normalized spacial score (nSPS) is 18.2. The van der Waals surface area contributed by atoms with Crippen molar-refractivity contribution in [2.24, 2.45) is 0 Å². The Morgan fingerprint density at radius 2 is 1.89 bits per heavy atom. The van der Waals surface area contributed by atoms with Gasteiger partial charge in [-0.15, -0.1) is 0 Å². The lowest BCUT2D eigenvalue weighted by Crippen LogP contribution is -2.39. The van der Waals surface area contributed by atoms with Crippen LogP contribution >= 0.6 is 0 Å². The molecule has 0 saturated carbocycles. The van der Waals surface area contributed by atoms with Gasteiger partial charge in [0.15, 0.2) is 9.84 Å². The second-order valence-corrected chi connectivity index (χ2v) is 9.04. The fourth-order valence-corrected chi connectivity index (χ4v) is 4.06. The highest BCUT2D eigenvalue weighted by Gasteiger charge is 2.27. The van der Waals surface area contributed by atoms with E-state index in [4.69, 9.17) is 4.74 Å². The molecular weight excluding hydrogens is 374 g/mol. The summed E-state index contributed by atoms with van der Waals surface area (Å²) in [6.07, 6.45) is 3.00. The Morgan fingerprint density at radius 3 is 2.61 bits per heavy atom. The van der Waals surface area contributed by atoms with Crippen LogP contribution in [0.1, 0.15) is 17.4 Å².